The van der Waals surface area contributed by atoms with Crippen LogP contribution in [0.2, 0.25) is 0 Å². The molecule has 0 bridgehead atoms. The molecule has 0 saturated heterocycles. The Labute approximate surface area is 155 Å². The second-order valence-corrected chi connectivity index (χ2v) is 7.79. The largest absolute Gasteiger partial charge is 0.263 e. The maximum atomic E-state index is 13.3. The molecule has 3 aromatic rings. The van der Waals surface area contributed by atoms with Gasteiger partial charge in [0.25, 0.3) is 0 Å². The van der Waals surface area contributed by atoms with E-state index in [1.165, 1.54) is 24.3 Å². The van der Waals surface area contributed by atoms with Gasteiger partial charge in [-0.05, 0) is 42.3 Å². The lowest BCUT2D eigenvalue weighted by molar-refractivity contribution is 0.576. The Hall–Kier alpha value is -2.65. The average molecular weight is 392 g/mol. The molecule has 1 heterocycles. The first-order chi connectivity index (χ1) is 12.8. The van der Waals surface area contributed by atoms with Crippen molar-refractivity contribution in [2.75, 3.05) is 6.54 Å². The van der Waals surface area contributed by atoms with Gasteiger partial charge in [0.2, 0.25) is 10.0 Å². The molecule has 0 amide bonds. The summed E-state index contributed by atoms with van der Waals surface area (Å²) in [5, 5.41) is 6.83. The maximum Gasteiger partial charge on any atom is 0.240 e. The van der Waals surface area contributed by atoms with Gasteiger partial charge >= 0.3 is 0 Å². The molecule has 0 unspecified atom stereocenters. The first-order valence-electron chi connectivity index (χ1n) is 8.24. The Morgan fingerprint density at radius 2 is 1.78 bits per heavy atom. The van der Waals surface area contributed by atoms with Crippen LogP contribution in [-0.2, 0) is 22.9 Å². The monoisotopic (exact) mass is 392 g/mol. The van der Waals surface area contributed by atoms with Gasteiger partial charge < -0.3 is 0 Å². The highest BCUT2D eigenvalue weighted by Gasteiger charge is 2.17. The quantitative estimate of drug-likeness (QED) is 0.647. The van der Waals surface area contributed by atoms with Gasteiger partial charge in [0.1, 0.15) is 17.5 Å². The molecule has 0 saturated carbocycles. The summed E-state index contributed by atoms with van der Waals surface area (Å²) in [5.41, 5.74) is 1.34. The van der Waals surface area contributed by atoms with Crippen LogP contribution >= 0.6 is 0 Å². The Balaban J connectivity index is 1.58. The van der Waals surface area contributed by atoms with Gasteiger partial charge in [0.15, 0.2) is 5.82 Å². The molecule has 142 valence electrons. The van der Waals surface area contributed by atoms with Gasteiger partial charge in [-0.3, -0.25) is 5.10 Å². The zero-order valence-corrected chi connectivity index (χ0v) is 15.4. The lowest BCUT2D eigenvalue weighted by atomic mass is 10.1. The summed E-state index contributed by atoms with van der Waals surface area (Å²) in [5.74, 6) is 0.129. The third kappa shape index (κ3) is 4.95. The molecule has 0 spiro atoms. The highest BCUT2D eigenvalue weighted by atomic mass is 32.2. The zero-order chi connectivity index (χ0) is 19.4. The fourth-order valence-electron chi connectivity index (χ4n) is 2.56. The first kappa shape index (κ1) is 19.1. The summed E-state index contributed by atoms with van der Waals surface area (Å²) in [4.78, 5) is 4.21. The second kappa shape index (κ2) is 7.93. The number of rotatable bonds is 7. The van der Waals surface area contributed by atoms with E-state index in [1.807, 2.05) is 0 Å². The molecule has 2 N–H and O–H groups in total. The van der Waals surface area contributed by atoms with E-state index in [2.05, 4.69) is 19.9 Å². The fourth-order valence-corrected chi connectivity index (χ4v) is 3.85. The number of nitrogens with zero attached hydrogens (tertiary/aromatic N) is 2. The molecule has 6 nitrogen and oxygen atoms in total. The number of aromatic amines is 1. The Bertz CT molecular complexity index is 1030. The number of benzene rings is 2. The van der Waals surface area contributed by atoms with E-state index in [9.17, 15) is 17.2 Å². The molecule has 2 aromatic carbocycles. The molecule has 0 aliphatic rings. The number of aryl methyl sites for hydroxylation is 1. The van der Waals surface area contributed by atoms with E-state index < -0.39 is 15.8 Å². The highest BCUT2D eigenvalue weighted by Crippen LogP contribution is 2.16. The van der Waals surface area contributed by atoms with E-state index in [-0.39, 0.29) is 23.7 Å². The number of hydrogen-bond donors (Lipinski definition) is 2. The smallest absolute Gasteiger partial charge is 0.240 e. The van der Waals surface area contributed by atoms with Gasteiger partial charge in [0, 0.05) is 19.4 Å². The molecule has 0 aliphatic heterocycles. The van der Waals surface area contributed by atoms with Crippen molar-refractivity contribution in [3.8, 4) is 0 Å². The molecule has 0 radical (unpaired) electrons. The standard InChI is InChI=1S/C18H18F2N4O2S/c1-12-2-5-15(20)11-16(12)27(25,26)21-9-8-17-22-18(24-23-17)10-13-3-6-14(19)7-4-13/h2-7,11,21H,8-10H2,1H3,(H,22,23,24). The van der Waals surface area contributed by atoms with Crippen LogP contribution in [0.1, 0.15) is 22.8 Å². The summed E-state index contributed by atoms with van der Waals surface area (Å²) in [6.45, 7) is 1.68. The van der Waals surface area contributed by atoms with Crippen LogP contribution in [0.25, 0.3) is 0 Å². The average Bonchev–Trinajstić information content (AvgIpc) is 3.06. The Kier molecular flexibility index (Phi) is 5.62. The topological polar surface area (TPSA) is 87.7 Å². The number of hydrogen-bond acceptors (Lipinski definition) is 4. The van der Waals surface area contributed by atoms with E-state index >= 15 is 0 Å². The van der Waals surface area contributed by atoms with E-state index in [0.717, 1.165) is 11.6 Å². The predicted octanol–water partition coefficient (Wildman–Crippen LogP) is 2.50. The SMILES string of the molecule is Cc1ccc(F)cc1S(=O)(=O)NCCc1n[nH]c(Cc2ccc(F)cc2)n1. The van der Waals surface area contributed by atoms with Crippen LogP contribution in [0.15, 0.2) is 47.4 Å². The van der Waals surface area contributed by atoms with Crippen LogP contribution in [0.3, 0.4) is 0 Å². The van der Waals surface area contributed by atoms with Crippen LogP contribution in [0.5, 0.6) is 0 Å². The van der Waals surface area contributed by atoms with Gasteiger partial charge in [-0.15, -0.1) is 0 Å². The van der Waals surface area contributed by atoms with E-state index in [1.54, 1.807) is 19.1 Å². The lowest BCUT2D eigenvalue weighted by Crippen LogP contribution is -2.27. The van der Waals surface area contributed by atoms with Gasteiger partial charge in [-0.2, -0.15) is 5.10 Å². The van der Waals surface area contributed by atoms with Crippen molar-refractivity contribution >= 4 is 10.0 Å². The summed E-state index contributed by atoms with van der Waals surface area (Å²) in [7, 11) is -3.82. The predicted molar refractivity (Wildman–Crippen MR) is 95.6 cm³/mol. The minimum atomic E-state index is -3.82. The minimum Gasteiger partial charge on any atom is -0.263 e. The van der Waals surface area contributed by atoms with Crippen molar-refractivity contribution in [1.82, 2.24) is 19.9 Å². The normalized spacial score (nSPS) is 11.7. The molecular formula is C18H18F2N4O2S. The molecule has 0 fully saturated rings. The van der Waals surface area contributed by atoms with Crippen LogP contribution in [0.4, 0.5) is 8.78 Å². The minimum absolute atomic E-state index is 0.0755. The van der Waals surface area contributed by atoms with Crippen molar-refractivity contribution in [1.29, 1.82) is 0 Å². The van der Waals surface area contributed by atoms with Crippen LogP contribution in [-0.4, -0.2) is 30.1 Å². The Morgan fingerprint density at radius 1 is 1.07 bits per heavy atom. The molecule has 27 heavy (non-hydrogen) atoms. The van der Waals surface area contributed by atoms with E-state index in [4.69, 9.17) is 0 Å². The molecule has 0 atom stereocenters. The van der Waals surface area contributed by atoms with Crippen molar-refractivity contribution in [3.63, 3.8) is 0 Å². The molecule has 9 heteroatoms. The maximum absolute atomic E-state index is 13.3. The summed E-state index contributed by atoms with van der Waals surface area (Å²) >= 11 is 0. The zero-order valence-electron chi connectivity index (χ0n) is 14.5. The van der Waals surface area contributed by atoms with Gasteiger partial charge in [0.05, 0.1) is 4.90 Å². The summed E-state index contributed by atoms with van der Waals surface area (Å²) in [6.07, 6.45) is 0.731. The molecule has 0 aliphatic carbocycles. The van der Waals surface area contributed by atoms with Crippen molar-refractivity contribution in [2.24, 2.45) is 0 Å². The molecule has 1 aromatic heterocycles. The third-order valence-corrected chi connectivity index (χ3v) is 5.55. The number of nitrogens with one attached hydrogen (secondary N) is 2. The Morgan fingerprint density at radius 3 is 2.52 bits per heavy atom. The number of aromatic nitrogens is 3. The number of sulfonamides is 1. The summed E-state index contributed by atoms with van der Waals surface area (Å²) < 4.78 is 53.3. The van der Waals surface area contributed by atoms with Gasteiger partial charge in [-0.1, -0.05) is 18.2 Å². The second-order valence-electron chi connectivity index (χ2n) is 6.06. The lowest BCUT2D eigenvalue weighted by Gasteiger charge is -2.08. The summed E-state index contributed by atoms with van der Waals surface area (Å²) in [6, 6.07) is 9.68. The van der Waals surface area contributed by atoms with Crippen LogP contribution in [0, 0.1) is 18.6 Å². The van der Waals surface area contributed by atoms with Gasteiger partial charge in [-0.25, -0.2) is 26.9 Å². The van der Waals surface area contributed by atoms with Crippen molar-refractivity contribution < 1.29 is 17.2 Å². The van der Waals surface area contributed by atoms with Crippen LogP contribution < -0.4 is 4.72 Å². The third-order valence-electron chi connectivity index (χ3n) is 3.94. The molecular weight excluding hydrogens is 374 g/mol. The number of H-pyrrole nitrogens is 1. The highest BCUT2D eigenvalue weighted by molar-refractivity contribution is 7.89. The number of halogens is 2. The first-order valence-corrected chi connectivity index (χ1v) is 9.72. The van der Waals surface area contributed by atoms with Crippen molar-refractivity contribution in [2.45, 2.75) is 24.7 Å². The molecule has 3 rings (SSSR count). The van der Waals surface area contributed by atoms with Crippen molar-refractivity contribution in [3.05, 3.63) is 76.9 Å². The fraction of sp³-hybridized carbons (Fsp3) is 0.222. The van der Waals surface area contributed by atoms with E-state index in [0.29, 0.717) is 23.6 Å².